The summed E-state index contributed by atoms with van der Waals surface area (Å²) in [5.74, 6) is -1.78. The van der Waals surface area contributed by atoms with E-state index in [4.69, 9.17) is 0 Å². The van der Waals surface area contributed by atoms with Crippen molar-refractivity contribution in [1.29, 1.82) is 0 Å². The van der Waals surface area contributed by atoms with Gasteiger partial charge in [-0.05, 0) is 78.8 Å². The van der Waals surface area contributed by atoms with E-state index in [1.165, 1.54) is 15.4 Å². The number of imide groups is 2. The highest BCUT2D eigenvalue weighted by Crippen LogP contribution is 2.41. The van der Waals surface area contributed by atoms with Crippen LogP contribution in [0.3, 0.4) is 0 Å². The smallest absolute Gasteiger partial charge is 0.265 e. The molecule has 4 aromatic carbocycles. The van der Waals surface area contributed by atoms with Crippen molar-refractivity contribution < 1.29 is 19.2 Å². The van der Waals surface area contributed by atoms with Crippen molar-refractivity contribution in [3.8, 4) is 11.1 Å². The molecule has 4 amide bonds. The summed E-state index contributed by atoms with van der Waals surface area (Å²) in [5.41, 5.74) is 4.34. The zero-order valence-corrected chi connectivity index (χ0v) is 24.2. The number of nitrogens with zero attached hydrogens (tertiary/aromatic N) is 2. The first-order valence-electron chi connectivity index (χ1n) is 13.9. The Bertz CT molecular complexity index is 1720. The lowest BCUT2D eigenvalue weighted by molar-refractivity contribution is 0.0426. The number of hydrogen-bond donors (Lipinski definition) is 0. The van der Waals surface area contributed by atoms with E-state index >= 15 is 0 Å². The average Bonchev–Trinajstić information content (AvgIpc) is 2.94. The second-order valence-corrected chi connectivity index (χ2v) is 12.5. The number of rotatable bonds is 4. The summed E-state index contributed by atoms with van der Waals surface area (Å²) in [6.07, 6.45) is 0.589. The Kier molecular flexibility index (Phi) is 5.82. The van der Waals surface area contributed by atoms with Gasteiger partial charge < -0.3 is 0 Å². The molecule has 0 saturated heterocycles. The first-order valence-corrected chi connectivity index (χ1v) is 13.9. The van der Waals surface area contributed by atoms with Crippen LogP contribution in [0.2, 0.25) is 0 Å². The van der Waals surface area contributed by atoms with Crippen LogP contribution >= 0.6 is 0 Å². The molecule has 206 valence electrons. The van der Waals surface area contributed by atoms with Gasteiger partial charge in [-0.25, -0.2) is 4.90 Å². The molecule has 0 spiro atoms. The lowest BCUT2D eigenvalue weighted by atomic mass is 9.84. The van der Waals surface area contributed by atoms with Crippen LogP contribution in [-0.2, 0) is 5.41 Å². The highest BCUT2D eigenvalue weighted by atomic mass is 16.2. The van der Waals surface area contributed by atoms with E-state index in [2.05, 4.69) is 45.0 Å². The predicted octanol–water partition coefficient (Wildman–Crippen LogP) is 7.39. The van der Waals surface area contributed by atoms with Crippen LogP contribution in [0.15, 0.2) is 72.8 Å². The predicted molar refractivity (Wildman–Crippen MR) is 161 cm³/mol. The van der Waals surface area contributed by atoms with Gasteiger partial charge in [-0.3, -0.25) is 24.1 Å². The Morgan fingerprint density at radius 3 is 1.32 bits per heavy atom. The maximum absolute atomic E-state index is 13.8. The van der Waals surface area contributed by atoms with Crippen molar-refractivity contribution in [2.24, 2.45) is 0 Å². The summed E-state index contributed by atoms with van der Waals surface area (Å²) in [6, 6.07) is 22.2. The molecule has 2 aliphatic heterocycles. The number of benzene rings is 4. The minimum atomic E-state index is -0.685. The van der Waals surface area contributed by atoms with E-state index in [9.17, 15) is 19.2 Å². The van der Waals surface area contributed by atoms with E-state index in [1.54, 1.807) is 36.4 Å². The van der Waals surface area contributed by atoms with Gasteiger partial charge in [0.15, 0.2) is 0 Å². The van der Waals surface area contributed by atoms with Crippen LogP contribution in [-0.4, -0.2) is 34.1 Å². The Morgan fingerprint density at radius 2 is 0.927 bits per heavy atom. The van der Waals surface area contributed by atoms with Gasteiger partial charge in [0.05, 0.1) is 5.69 Å². The normalized spacial score (nSPS) is 15.3. The van der Waals surface area contributed by atoms with Gasteiger partial charge in [-0.2, -0.15) is 0 Å². The summed E-state index contributed by atoms with van der Waals surface area (Å²) in [5, 5.41) is 0.756. The van der Waals surface area contributed by atoms with E-state index < -0.39 is 29.2 Å². The first-order chi connectivity index (χ1) is 19.3. The van der Waals surface area contributed by atoms with Crippen LogP contribution in [0.4, 0.5) is 5.69 Å². The summed E-state index contributed by atoms with van der Waals surface area (Å²) < 4.78 is 0. The number of anilines is 1. The zero-order chi connectivity index (χ0) is 29.4. The lowest BCUT2D eigenvalue weighted by Gasteiger charge is -2.39. The van der Waals surface area contributed by atoms with E-state index in [0.717, 1.165) is 11.1 Å². The molecule has 0 N–H and O–H groups in total. The Balaban J connectivity index is 1.39. The van der Waals surface area contributed by atoms with Crippen molar-refractivity contribution in [3.05, 3.63) is 101 Å². The fourth-order valence-electron chi connectivity index (χ4n) is 5.78. The molecule has 4 aromatic rings. The fraction of sp³-hybridized carbons (Fsp3) is 0.257. The molecule has 0 saturated carbocycles. The van der Waals surface area contributed by atoms with Gasteiger partial charge in [0.1, 0.15) is 0 Å². The topological polar surface area (TPSA) is 74.8 Å². The van der Waals surface area contributed by atoms with E-state index in [-0.39, 0.29) is 5.41 Å². The van der Waals surface area contributed by atoms with Crippen molar-refractivity contribution in [2.45, 2.75) is 58.9 Å². The molecule has 0 radical (unpaired) electrons. The van der Waals surface area contributed by atoms with Crippen LogP contribution in [0.25, 0.3) is 21.9 Å². The van der Waals surface area contributed by atoms with Crippen molar-refractivity contribution in [3.63, 3.8) is 0 Å². The molecular formula is C35H32N2O4. The number of carbonyl (C=O) groups is 4. The molecule has 0 fully saturated rings. The molecule has 6 heteroatoms. The molecular weight excluding hydrogens is 512 g/mol. The molecule has 41 heavy (non-hydrogen) atoms. The average molecular weight is 545 g/mol. The molecule has 2 heterocycles. The van der Waals surface area contributed by atoms with E-state index in [0.29, 0.717) is 45.1 Å². The second kappa shape index (κ2) is 8.96. The molecule has 6 rings (SSSR count). The summed E-state index contributed by atoms with van der Waals surface area (Å²) in [6.45, 7) is 12.2. The van der Waals surface area contributed by atoms with Crippen LogP contribution in [0, 0.1) is 0 Å². The highest BCUT2D eigenvalue weighted by Gasteiger charge is 2.44. The number of amides is 4. The summed E-state index contributed by atoms with van der Waals surface area (Å²) in [4.78, 5) is 57.1. The molecule has 0 bridgehead atoms. The largest absolute Gasteiger partial charge is 0.269 e. The fourth-order valence-corrected chi connectivity index (χ4v) is 5.78. The summed E-state index contributed by atoms with van der Waals surface area (Å²) >= 11 is 0. The van der Waals surface area contributed by atoms with Gasteiger partial charge >= 0.3 is 0 Å². The van der Waals surface area contributed by atoms with Gasteiger partial charge in [0, 0.05) is 38.6 Å². The highest BCUT2D eigenvalue weighted by molar-refractivity contribution is 6.39. The molecule has 6 nitrogen and oxygen atoms in total. The maximum atomic E-state index is 13.8. The quantitative estimate of drug-likeness (QED) is 0.251. The van der Waals surface area contributed by atoms with Crippen molar-refractivity contribution in [2.75, 3.05) is 4.90 Å². The number of carbonyl (C=O) groups excluding carboxylic acids is 4. The lowest BCUT2D eigenvalue weighted by Crippen LogP contribution is -2.53. The molecule has 2 aliphatic rings. The standard InChI is InChI=1S/C35H32N2O4/c1-7-35(5,6)37-32(40)26-18-16-24-28-25(17-19-27(29(26)28)33(37)41)31(39)36(30(24)38)23-14-10-21(11-15-23)20-8-12-22(13-9-20)34(2,3)4/h8-19H,7H2,1-6H3. The molecule has 0 atom stereocenters. The maximum Gasteiger partial charge on any atom is 0.265 e. The van der Waals surface area contributed by atoms with Gasteiger partial charge in [-0.1, -0.05) is 64.1 Å². The van der Waals surface area contributed by atoms with Crippen LogP contribution in [0.5, 0.6) is 0 Å². The molecule has 0 unspecified atom stereocenters. The monoisotopic (exact) mass is 544 g/mol. The van der Waals surface area contributed by atoms with Gasteiger partial charge in [0.25, 0.3) is 23.6 Å². The van der Waals surface area contributed by atoms with Crippen LogP contribution < -0.4 is 4.90 Å². The Hall–Kier alpha value is -4.58. The zero-order valence-electron chi connectivity index (χ0n) is 24.2. The van der Waals surface area contributed by atoms with E-state index in [1.807, 2.05) is 32.9 Å². The first kappa shape index (κ1) is 26.6. The molecule has 0 aromatic heterocycles. The number of hydrogen-bond acceptors (Lipinski definition) is 4. The Morgan fingerprint density at radius 1 is 0.537 bits per heavy atom. The third-order valence-corrected chi connectivity index (χ3v) is 8.57. The van der Waals surface area contributed by atoms with Gasteiger partial charge in [0.2, 0.25) is 0 Å². The Labute approximate surface area is 239 Å². The minimum absolute atomic E-state index is 0.0583. The van der Waals surface area contributed by atoms with Crippen molar-refractivity contribution >= 4 is 40.1 Å². The third kappa shape index (κ3) is 3.92. The third-order valence-electron chi connectivity index (χ3n) is 8.57. The SMILES string of the molecule is CCC(C)(C)N1C(=O)c2ccc3c4c(ccc(c24)C1=O)C(=O)N(c1ccc(-c2ccc(C(C)(C)C)cc2)cc1)C3=O. The molecule has 0 aliphatic carbocycles. The van der Waals surface area contributed by atoms with Crippen LogP contribution in [0.1, 0.15) is 95.0 Å². The summed E-state index contributed by atoms with van der Waals surface area (Å²) in [7, 11) is 0. The van der Waals surface area contributed by atoms with Crippen molar-refractivity contribution in [1.82, 2.24) is 4.90 Å². The van der Waals surface area contributed by atoms with Gasteiger partial charge in [-0.15, -0.1) is 0 Å². The minimum Gasteiger partial charge on any atom is -0.269 e. The second-order valence-electron chi connectivity index (χ2n) is 12.5.